The van der Waals surface area contributed by atoms with Gasteiger partial charge in [-0.1, -0.05) is 50.3 Å². The summed E-state index contributed by atoms with van der Waals surface area (Å²) < 4.78 is 0. The Balaban J connectivity index is 1.70. The molecule has 1 aliphatic rings. The number of rotatable bonds is 4. The molecule has 0 spiro atoms. The average Bonchev–Trinajstić information content (AvgIpc) is 2.38. The molecule has 3 heteroatoms. The van der Waals surface area contributed by atoms with Crippen LogP contribution in [-0.4, -0.2) is 18.5 Å². The molecule has 0 aliphatic heterocycles. The highest BCUT2D eigenvalue weighted by Gasteiger charge is 2.12. The molecule has 0 heterocycles. The molecule has 0 bridgehead atoms. The van der Waals surface area contributed by atoms with Gasteiger partial charge in [-0.2, -0.15) is 0 Å². The third-order valence-electron chi connectivity index (χ3n) is 3.71. The summed E-state index contributed by atoms with van der Waals surface area (Å²) in [5.74, 6) is 0.0493. The lowest BCUT2D eigenvalue weighted by atomic mass is 9.97. The third kappa shape index (κ3) is 5.43. The Hall–Kier alpha value is -1.35. The number of hydrogen-bond donors (Lipinski definition) is 2. The predicted molar refractivity (Wildman–Crippen MR) is 79.2 cm³/mol. The molecule has 1 amide bonds. The Morgan fingerprint density at radius 3 is 2.32 bits per heavy atom. The quantitative estimate of drug-likeness (QED) is 0.872. The lowest BCUT2D eigenvalue weighted by Gasteiger charge is -2.20. The van der Waals surface area contributed by atoms with E-state index in [0.717, 1.165) is 5.69 Å². The highest BCUT2D eigenvalue weighted by Crippen LogP contribution is 2.16. The number of nitrogens with one attached hydrogen (secondary N) is 2. The average molecular weight is 260 g/mol. The highest BCUT2D eigenvalue weighted by molar-refractivity contribution is 5.92. The topological polar surface area (TPSA) is 41.1 Å². The van der Waals surface area contributed by atoms with Crippen LogP contribution in [0.2, 0.25) is 0 Å². The molecule has 1 aromatic rings. The monoisotopic (exact) mass is 260 g/mol. The maximum absolute atomic E-state index is 11.8. The first kappa shape index (κ1) is 14.1. The summed E-state index contributed by atoms with van der Waals surface area (Å²) in [4.78, 5) is 11.8. The fraction of sp³-hybridized carbons (Fsp3) is 0.562. The van der Waals surface area contributed by atoms with E-state index in [2.05, 4.69) is 10.6 Å². The molecule has 3 nitrogen and oxygen atoms in total. The van der Waals surface area contributed by atoms with Crippen molar-refractivity contribution in [1.29, 1.82) is 0 Å². The molecule has 104 valence electrons. The van der Waals surface area contributed by atoms with Crippen molar-refractivity contribution in [3.8, 4) is 0 Å². The summed E-state index contributed by atoms with van der Waals surface area (Å²) in [6.07, 6.45) is 9.05. The van der Waals surface area contributed by atoms with E-state index in [1.807, 2.05) is 30.3 Å². The van der Waals surface area contributed by atoms with Gasteiger partial charge in [0.1, 0.15) is 0 Å². The summed E-state index contributed by atoms with van der Waals surface area (Å²) in [5, 5.41) is 6.31. The molecule has 1 fully saturated rings. The predicted octanol–water partition coefficient (Wildman–Crippen LogP) is 3.33. The normalized spacial score (nSPS) is 17.5. The van der Waals surface area contributed by atoms with Gasteiger partial charge in [0, 0.05) is 11.7 Å². The van der Waals surface area contributed by atoms with Gasteiger partial charge in [0.25, 0.3) is 0 Å². The molecule has 0 radical (unpaired) electrons. The van der Waals surface area contributed by atoms with Crippen LogP contribution in [0.5, 0.6) is 0 Å². The third-order valence-corrected chi connectivity index (χ3v) is 3.71. The van der Waals surface area contributed by atoms with Crippen LogP contribution < -0.4 is 10.6 Å². The molecule has 19 heavy (non-hydrogen) atoms. The highest BCUT2D eigenvalue weighted by atomic mass is 16.1. The molecular weight excluding hydrogens is 236 g/mol. The molecular formula is C16H24N2O. The molecule has 0 unspecified atom stereocenters. The molecule has 1 aliphatic carbocycles. The summed E-state index contributed by atoms with van der Waals surface area (Å²) in [5.41, 5.74) is 0.868. The number of anilines is 1. The van der Waals surface area contributed by atoms with Crippen LogP contribution in [0.15, 0.2) is 30.3 Å². The maximum atomic E-state index is 11.8. The Labute approximate surface area is 115 Å². The minimum atomic E-state index is 0.0493. The van der Waals surface area contributed by atoms with Crippen molar-refractivity contribution in [2.75, 3.05) is 11.9 Å². The summed E-state index contributed by atoms with van der Waals surface area (Å²) in [6, 6.07) is 10.1. The second-order valence-corrected chi connectivity index (χ2v) is 5.34. The van der Waals surface area contributed by atoms with Gasteiger partial charge in [-0.3, -0.25) is 4.79 Å². The van der Waals surface area contributed by atoms with E-state index in [1.165, 1.54) is 44.9 Å². The van der Waals surface area contributed by atoms with E-state index < -0.39 is 0 Å². The molecule has 1 saturated carbocycles. The van der Waals surface area contributed by atoms with E-state index in [4.69, 9.17) is 0 Å². The maximum Gasteiger partial charge on any atom is 0.238 e. The number of para-hydroxylation sites is 1. The molecule has 2 N–H and O–H groups in total. The summed E-state index contributed by atoms with van der Waals surface area (Å²) in [7, 11) is 0. The molecule has 1 aromatic carbocycles. The Morgan fingerprint density at radius 1 is 1.00 bits per heavy atom. The number of hydrogen-bond acceptors (Lipinski definition) is 2. The fourth-order valence-corrected chi connectivity index (χ4v) is 2.62. The molecule has 0 aromatic heterocycles. The van der Waals surface area contributed by atoms with Crippen molar-refractivity contribution in [2.45, 2.75) is 51.0 Å². The van der Waals surface area contributed by atoms with Crippen molar-refractivity contribution in [2.24, 2.45) is 0 Å². The van der Waals surface area contributed by atoms with Crippen molar-refractivity contribution < 1.29 is 4.79 Å². The van der Waals surface area contributed by atoms with Crippen molar-refractivity contribution in [1.82, 2.24) is 5.32 Å². The van der Waals surface area contributed by atoms with Gasteiger partial charge in [0.05, 0.1) is 6.54 Å². The van der Waals surface area contributed by atoms with E-state index in [-0.39, 0.29) is 5.91 Å². The van der Waals surface area contributed by atoms with Gasteiger partial charge in [-0.05, 0) is 25.0 Å². The van der Waals surface area contributed by atoms with Gasteiger partial charge < -0.3 is 10.6 Å². The number of benzene rings is 1. The lowest BCUT2D eigenvalue weighted by Crippen LogP contribution is -2.36. The SMILES string of the molecule is O=C(CNC1CCCCCCC1)Nc1ccccc1. The Morgan fingerprint density at radius 2 is 1.63 bits per heavy atom. The smallest absolute Gasteiger partial charge is 0.238 e. The van der Waals surface area contributed by atoms with Gasteiger partial charge >= 0.3 is 0 Å². The zero-order valence-corrected chi connectivity index (χ0v) is 11.5. The van der Waals surface area contributed by atoms with Crippen LogP contribution in [0, 0.1) is 0 Å². The van der Waals surface area contributed by atoms with E-state index in [9.17, 15) is 4.79 Å². The second kappa shape index (κ2) is 7.95. The molecule has 0 atom stereocenters. The second-order valence-electron chi connectivity index (χ2n) is 5.34. The number of carbonyl (C=O) groups is 1. The standard InChI is InChI=1S/C16H24N2O/c19-16(18-15-11-7-4-8-12-15)13-17-14-9-5-2-1-3-6-10-14/h4,7-8,11-12,14,17H,1-3,5-6,9-10,13H2,(H,18,19). The fourth-order valence-electron chi connectivity index (χ4n) is 2.62. The molecule has 0 saturated heterocycles. The van der Waals surface area contributed by atoms with Crippen LogP contribution in [0.4, 0.5) is 5.69 Å². The summed E-state index contributed by atoms with van der Waals surface area (Å²) >= 11 is 0. The first-order valence-electron chi connectivity index (χ1n) is 7.43. The molecule has 2 rings (SSSR count). The van der Waals surface area contributed by atoms with E-state index in [0.29, 0.717) is 12.6 Å². The minimum absolute atomic E-state index is 0.0493. The lowest BCUT2D eigenvalue weighted by molar-refractivity contribution is -0.115. The first-order chi connectivity index (χ1) is 9.34. The van der Waals surface area contributed by atoms with Crippen LogP contribution in [-0.2, 0) is 4.79 Å². The van der Waals surface area contributed by atoms with Crippen LogP contribution in [0.3, 0.4) is 0 Å². The summed E-state index contributed by atoms with van der Waals surface area (Å²) in [6.45, 7) is 0.416. The Kier molecular flexibility index (Phi) is 5.89. The number of carbonyl (C=O) groups excluding carboxylic acids is 1. The van der Waals surface area contributed by atoms with Crippen LogP contribution >= 0.6 is 0 Å². The van der Waals surface area contributed by atoms with Crippen molar-refractivity contribution in [3.63, 3.8) is 0 Å². The zero-order chi connectivity index (χ0) is 13.3. The van der Waals surface area contributed by atoms with Gasteiger partial charge in [-0.25, -0.2) is 0 Å². The van der Waals surface area contributed by atoms with Gasteiger partial charge in [0.15, 0.2) is 0 Å². The zero-order valence-electron chi connectivity index (χ0n) is 11.5. The number of amides is 1. The van der Waals surface area contributed by atoms with Gasteiger partial charge in [0.2, 0.25) is 5.91 Å². The minimum Gasteiger partial charge on any atom is -0.325 e. The first-order valence-corrected chi connectivity index (χ1v) is 7.43. The van der Waals surface area contributed by atoms with Crippen LogP contribution in [0.1, 0.15) is 44.9 Å². The Bertz CT molecular complexity index is 370. The van der Waals surface area contributed by atoms with E-state index in [1.54, 1.807) is 0 Å². The van der Waals surface area contributed by atoms with Crippen LogP contribution in [0.25, 0.3) is 0 Å². The van der Waals surface area contributed by atoms with Crippen molar-refractivity contribution >= 4 is 11.6 Å². The van der Waals surface area contributed by atoms with Crippen molar-refractivity contribution in [3.05, 3.63) is 30.3 Å². The largest absolute Gasteiger partial charge is 0.325 e. The van der Waals surface area contributed by atoms with E-state index >= 15 is 0 Å². The van der Waals surface area contributed by atoms with Gasteiger partial charge in [-0.15, -0.1) is 0 Å².